The van der Waals surface area contributed by atoms with E-state index in [1.807, 2.05) is 64.3 Å². The second-order valence-electron chi connectivity index (χ2n) is 9.71. The van der Waals surface area contributed by atoms with E-state index in [0.29, 0.717) is 24.5 Å². The van der Waals surface area contributed by atoms with Gasteiger partial charge < -0.3 is 15.0 Å². The van der Waals surface area contributed by atoms with Gasteiger partial charge in [-0.05, 0) is 87.5 Å². The Morgan fingerprint density at radius 3 is 2.10 bits per heavy atom. The number of nitrogens with zero attached hydrogens (tertiary/aromatic N) is 2. The van der Waals surface area contributed by atoms with Crippen LogP contribution < -0.4 is 14.4 Å². The van der Waals surface area contributed by atoms with Gasteiger partial charge in [0.05, 0.1) is 17.2 Å². The van der Waals surface area contributed by atoms with Gasteiger partial charge in [0, 0.05) is 17.5 Å². The molecular weight excluding hydrogens is 558 g/mol. The molecule has 0 aliphatic carbocycles. The quantitative estimate of drug-likeness (QED) is 0.252. The summed E-state index contributed by atoms with van der Waals surface area (Å²) >= 11 is 1.51. The Hall–Kier alpha value is -3.50. The fourth-order valence-electron chi connectivity index (χ4n) is 4.36. The number of carbonyl (C=O) groups excluding carboxylic acids is 2. The highest BCUT2D eigenvalue weighted by Gasteiger charge is 2.33. The van der Waals surface area contributed by atoms with Crippen LogP contribution in [0, 0.1) is 0 Å². The van der Waals surface area contributed by atoms with Crippen LogP contribution in [0.4, 0.5) is 5.69 Å². The first-order valence-corrected chi connectivity index (χ1v) is 16.3. The molecule has 1 N–H and O–H groups in total. The Morgan fingerprint density at radius 2 is 1.56 bits per heavy atom. The number of ether oxygens (including phenoxy) is 1. The SMILES string of the molecule is CCOc1ccc(N(CC(=O)N(Cc2ccccc2)C(CC)C(=O)NC(C)C)S(=O)(=O)c2ccc(SC)cc2)cc1. The molecule has 0 bridgehead atoms. The zero-order chi connectivity index (χ0) is 30.0. The molecular formula is C31H39N3O5S2. The summed E-state index contributed by atoms with van der Waals surface area (Å²) in [5.74, 6) is -0.181. The third-order valence-electron chi connectivity index (χ3n) is 6.37. The normalized spacial score (nSPS) is 12.0. The molecule has 0 saturated heterocycles. The van der Waals surface area contributed by atoms with E-state index in [9.17, 15) is 18.0 Å². The van der Waals surface area contributed by atoms with Gasteiger partial charge in [0.1, 0.15) is 18.3 Å². The molecule has 41 heavy (non-hydrogen) atoms. The van der Waals surface area contributed by atoms with Gasteiger partial charge in [-0.25, -0.2) is 8.42 Å². The van der Waals surface area contributed by atoms with Crippen molar-refractivity contribution in [2.45, 2.75) is 62.5 Å². The maximum Gasteiger partial charge on any atom is 0.264 e. The van der Waals surface area contributed by atoms with Crippen molar-refractivity contribution >= 4 is 39.3 Å². The number of carbonyl (C=O) groups is 2. The van der Waals surface area contributed by atoms with Crippen molar-refractivity contribution in [1.82, 2.24) is 10.2 Å². The monoisotopic (exact) mass is 597 g/mol. The third kappa shape index (κ3) is 8.50. The number of amides is 2. The largest absolute Gasteiger partial charge is 0.494 e. The predicted octanol–water partition coefficient (Wildman–Crippen LogP) is 5.33. The van der Waals surface area contributed by atoms with E-state index < -0.39 is 28.5 Å². The maximum atomic E-state index is 14.1. The van der Waals surface area contributed by atoms with Crippen molar-refractivity contribution in [3.05, 3.63) is 84.4 Å². The topological polar surface area (TPSA) is 96.0 Å². The van der Waals surface area contributed by atoms with Crippen LogP contribution >= 0.6 is 11.8 Å². The number of hydrogen-bond donors (Lipinski definition) is 1. The van der Waals surface area contributed by atoms with Crippen molar-refractivity contribution < 1.29 is 22.7 Å². The van der Waals surface area contributed by atoms with Crippen LogP contribution in [0.1, 0.15) is 39.7 Å². The smallest absolute Gasteiger partial charge is 0.264 e. The first-order chi connectivity index (χ1) is 19.6. The van der Waals surface area contributed by atoms with Crippen LogP contribution in [0.15, 0.2) is 88.7 Å². The number of hydrogen-bond acceptors (Lipinski definition) is 6. The third-order valence-corrected chi connectivity index (χ3v) is 8.91. The van der Waals surface area contributed by atoms with E-state index in [1.54, 1.807) is 48.5 Å². The van der Waals surface area contributed by atoms with Crippen molar-refractivity contribution in [1.29, 1.82) is 0 Å². The van der Waals surface area contributed by atoms with Crippen LogP contribution in [0.3, 0.4) is 0 Å². The summed E-state index contributed by atoms with van der Waals surface area (Å²) in [5, 5.41) is 2.90. The molecule has 10 heteroatoms. The molecule has 3 aromatic rings. The molecule has 0 spiro atoms. The molecule has 1 unspecified atom stereocenters. The summed E-state index contributed by atoms with van der Waals surface area (Å²) in [5.41, 5.74) is 1.15. The van der Waals surface area contributed by atoms with Gasteiger partial charge in [-0.3, -0.25) is 13.9 Å². The second-order valence-corrected chi connectivity index (χ2v) is 12.5. The molecule has 0 heterocycles. The summed E-state index contributed by atoms with van der Waals surface area (Å²) in [7, 11) is -4.14. The van der Waals surface area contributed by atoms with E-state index >= 15 is 0 Å². The van der Waals surface area contributed by atoms with Gasteiger partial charge >= 0.3 is 0 Å². The highest BCUT2D eigenvalue weighted by Crippen LogP contribution is 2.28. The number of rotatable bonds is 14. The molecule has 2 amide bonds. The van der Waals surface area contributed by atoms with Crippen molar-refractivity contribution in [3.8, 4) is 5.75 Å². The summed E-state index contributed by atoms with van der Waals surface area (Å²) in [6.07, 6.45) is 2.28. The Bertz CT molecular complexity index is 1380. The second kappa shape index (κ2) is 14.9. The molecule has 1 atom stereocenters. The van der Waals surface area contributed by atoms with Gasteiger partial charge in [0.15, 0.2) is 0 Å². The fourth-order valence-corrected chi connectivity index (χ4v) is 6.18. The minimum Gasteiger partial charge on any atom is -0.494 e. The lowest BCUT2D eigenvalue weighted by Crippen LogP contribution is -2.53. The molecule has 0 saturated carbocycles. The lowest BCUT2D eigenvalue weighted by Gasteiger charge is -2.33. The average molecular weight is 598 g/mol. The summed E-state index contributed by atoms with van der Waals surface area (Å²) in [6, 6.07) is 21.6. The van der Waals surface area contributed by atoms with Crippen molar-refractivity contribution in [2.24, 2.45) is 0 Å². The first-order valence-electron chi connectivity index (χ1n) is 13.6. The molecule has 0 aliphatic heterocycles. The number of nitrogens with one attached hydrogen (secondary N) is 1. The molecule has 0 aromatic heterocycles. The number of sulfonamides is 1. The molecule has 8 nitrogen and oxygen atoms in total. The lowest BCUT2D eigenvalue weighted by molar-refractivity contribution is -0.140. The van der Waals surface area contributed by atoms with Gasteiger partial charge in [0.25, 0.3) is 10.0 Å². The summed E-state index contributed by atoms with van der Waals surface area (Å²) in [6.45, 7) is 7.55. The molecule has 0 radical (unpaired) electrons. The number of anilines is 1. The van der Waals surface area contributed by atoms with E-state index in [0.717, 1.165) is 14.8 Å². The highest BCUT2D eigenvalue weighted by atomic mass is 32.2. The predicted molar refractivity (Wildman–Crippen MR) is 165 cm³/mol. The van der Waals surface area contributed by atoms with Gasteiger partial charge in [-0.2, -0.15) is 0 Å². The minimum absolute atomic E-state index is 0.0659. The fraction of sp³-hybridized carbons (Fsp3) is 0.355. The van der Waals surface area contributed by atoms with E-state index in [4.69, 9.17) is 4.74 Å². The molecule has 3 rings (SSSR count). The summed E-state index contributed by atoms with van der Waals surface area (Å²) in [4.78, 5) is 29.7. The Balaban J connectivity index is 2.05. The van der Waals surface area contributed by atoms with Gasteiger partial charge in [-0.15, -0.1) is 11.8 Å². The van der Waals surface area contributed by atoms with E-state index in [1.165, 1.54) is 16.7 Å². The summed E-state index contributed by atoms with van der Waals surface area (Å²) < 4.78 is 34.7. The maximum absolute atomic E-state index is 14.1. The van der Waals surface area contributed by atoms with Gasteiger partial charge in [-0.1, -0.05) is 37.3 Å². The van der Waals surface area contributed by atoms with Gasteiger partial charge in [0.2, 0.25) is 11.8 Å². The molecule has 3 aromatic carbocycles. The Morgan fingerprint density at radius 1 is 0.927 bits per heavy atom. The Labute approximate surface area is 248 Å². The highest BCUT2D eigenvalue weighted by molar-refractivity contribution is 7.98. The molecule has 0 fully saturated rings. The van der Waals surface area contributed by atoms with Crippen LogP contribution in [0.2, 0.25) is 0 Å². The van der Waals surface area contributed by atoms with Crippen LogP contribution in [-0.4, -0.2) is 56.6 Å². The van der Waals surface area contributed by atoms with E-state index in [2.05, 4.69) is 5.32 Å². The first kappa shape index (κ1) is 32.0. The standard InChI is InChI=1S/C31H39N3O5S2/c1-6-29(31(36)32-23(3)4)33(21-24-11-9-8-10-12-24)30(35)22-34(25-13-15-26(16-14-25)39-7-2)41(37,38)28-19-17-27(40-5)18-20-28/h8-20,23,29H,6-7,21-22H2,1-5H3,(H,32,36). The minimum atomic E-state index is -4.14. The zero-order valence-electron chi connectivity index (χ0n) is 24.2. The van der Waals surface area contributed by atoms with Crippen molar-refractivity contribution in [2.75, 3.05) is 23.7 Å². The average Bonchev–Trinajstić information content (AvgIpc) is 2.96. The number of thioether (sulfide) groups is 1. The van der Waals surface area contributed by atoms with E-state index in [-0.39, 0.29) is 23.4 Å². The number of benzene rings is 3. The van der Waals surface area contributed by atoms with Crippen LogP contribution in [0.5, 0.6) is 5.75 Å². The lowest BCUT2D eigenvalue weighted by atomic mass is 10.1. The van der Waals surface area contributed by atoms with Crippen molar-refractivity contribution in [3.63, 3.8) is 0 Å². The molecule has 220 valence electrons. The Kier molecular flexibility index (Phi) is 11.7. The van der Waals surface area contributed by atoms with Crippen LogP contribution in [0.25, 0.3) is 0 Å². The molecule has 0 aliphatic rings. The zero-order valence-corrected chi connectivity index (χ0v) is 25.9. The van der Waals surface area contributed by atoms with Crippen LogP contribution in [-0.2, 0) is 26.2 Å².